The third kappa shape index (κ3) is 6.37. The van der Waals surface area contributed by atoms with Crippen molar-refractivity contribution < 1.29 is 18.3 Å². The number of thioether (sulfide) groups is 2. The topological polar surface area (TPSA) is 44.2 Å². The molecule has 2 aromatic carbocycles. The number of nitrogens with zero attached hydrogens (tertiary/aromatic N) is 2. The van der Waals surface area contributed by atoms with E-state index >= 15 is 0 Å². The lowest BCUT2D eigenvalue weighted by Gasteiger charge is -2.05. The Labute approximate surface area is 168 Å². The van der Waals surface area contributed by atoms with Gasteiger partial charge in [0, 0.05) is 11.5 Å². The number of ether oxygens (including phenoxy) is 2. The first-order chi connectivity index (χ1) is 13.2. The first kappa shape index (κ1) is 19.9. The molecule has 0 saturated heterocycles. The number of para-hydroxylation sites is 2. The van der Waals surface area contributed by atoms with Crippen LogP contribution in [0.25, 0.3) is 0 Å². The van der Waals surface area contributed by atoms with Gasteiger partial charge < -0.3 is 9.47 Å². The van der Waals surface area contributed by atoms with Crippen LogP contribution in [0.1, 0.15) is 0 Å². The van der Waals surface area contributed by atoms with E-state index in [0.29, 0.717) is 24.7 Å². The van der Waals surface area contributed by atoms with E-state index in [1.54, 1.807) is 36.4 Å². The van der Waals surface area contributed by atoms with Crippen molar-refractivity contribution in [3.05, 3.63) is 60.2 Å². The van der Waals surface area contributed by atoms with Gasteiger partial charge in [0.25, 0.3) is 0 Å². The molecule has 0 aliphatic heterocycles. The Kier molecular flexibility index (Phi) is 7.73. The minimum absolute atomic E-state index is 0.251. The highest BCUT2D eigenvalue weighted by Crippen LogP contribution is 2.29. The normalized spacial score (nSPS) is 10.7. The average molecular weight is 427 g/mol. The summed E-state index contributed by atoms with van der Waals surface area (Å²) in [5.41, 5.74) is 0. The summed E-state index contributed by atoms with van der Waals surface area (Å²) < 4.78 is 39.3. The Morgan fingerprint density at radius 2 is 1.19 bits per heavy atom. The van der Waals surface area contributed by atoms with Crippen molar-refractivity contribution in [2.24, 2.45) is 0 Å². The van der Waals surface area contributed by atoms with Crippen LogP contribution in [0.2, 0.25) is 0 Å². The zero-order valence-corrected chi connectivity index (χ0v) is 16.6. The van der Waals surface area contributed by atoms with Gasteiger partial charge in [-0.05, 0) is 24.3 Å². The largest absolute Gasteiger partial charge is 0.490 e. The van der Waals surface area contributed by atoms with Gasteiger partial charge in [-0.3, -0.25) is 0 Å². The summed E-state index contributed by atoms with van der Waals surface area (Å²) in [4.78, 5) is 0. The van der Waals surface area contributed by atoms with E-state index in [9.17, 15) is 8.78 Å². The van der Waals surface area contributed by atoms with Crippen LogP contribution in [-0.4, -0.2) is 34.9 Å². The molecule has 0 amide bonds. The standard InChI is InChI=1S/C18H16F2N2O2S3/c19-13-5-1-3-7-15(13)23-9-11-25-17-21-22-18(27-17)26-12-10-24-16-8-4-2-6-14(16)20/h1-8H,9-12H2. The van der Waals surface area contributed by atoms with E-state index in [1.807, 2.05) is 0 Å². The van der Waals surface area contributed by atoms with Crippen molar-refractivity contribution in [1.82, 2.24) is 10.2 Å². The predicted octanol–water partition coefficient (Wildman–Crippen LogP) is 5.16. The van der Waals surface area contributed by atoms with Crippen LogP contribution < -0.4 is 9.47 Å². The fraction of sp³-hybridized carbons (Fsp3) is 0.222. The molecule has 0 saturated carbocycles. The van der Waals surface area contributed by atoms with Gasteiger partial charge in [0.2, 0.25) is 0 Å². The minimum atomic E-state index is -0.366. The van der Waals surface area contributed by atoms with Gasteiger partial charge >= 0.3 is 0 Å². The molecule has 1 aromatic heterocycles. The SMILES string of the molecule is Fc1ccccc1OCCSc1nnc(SCCOc2ccccc2F)s1. The second-order valence-electron chi connectivity index (χ2n) is 5.09. The average Bonchev–Trinajstić information content (AvgIpc) is 3.13. The quantitative estimate of drug-likeness (QED) is 0.330. The maximum absolute atomic E-state index is 13.4. The summed E-state index contributed by atoms with van der Waals surface area (Å²) in [5, 5.41) is 8.22. The van der Waals surface area contributed by atoms with Crippen LogP contribution >= 0.6 is 34.9 Å². The third-order valence-corrected chi connectivity index (χ3v) is 6.31. The van der Waals surface area contributed by atoms with Gasteiger partial charge in [-0.1, -0.05) is 59.1 Å². The molecule has 0 spiro atoms. The highest BCUT2D eigenvalue weighted by atomic mass is 32.2. The summed E-state index contributed by atoms with van der Waals surface area (Å²) >= 11 is 4.49. The highest BCUT2D eigenvalue weighted by molar-refractivity contribution is 8.03. The Bertz CT molecular complexity index is 796. The van der Waals surface area contributed by atoms with Crippen molar-refractivity contribution >= 4 is 34.9 Å². The molecule has 142 valence electrons. The number of halogens is 2. The molecular formula is C18H16F2N2O2S3. The molecule has 0 atom stereocenters. The summed E-state index contributed by atoms with van der Waals surface area (Å²) in [6.07, 6.45) is 0. The van der Waals surface area contributed by atoms with E-state index in [0.717, 1.165) is 8.68 Å². The van der Waals surface area contributed by atoms with E-state index in [4.69, 9.17) is 9.47 Å². The predicted molar refractivity (Wildman–Crippen MR) is 105 cm³/mol. The molecule has 3 rings (SSSR count). The molecule has 0 aliphatic carbocycles. The molecule has 0 radical (unpaired) electrons. The third-order valence-electron chi connectivity index (χ3n) is 3.19. The highest BCUT2D eigenvalue weighted by Gasteiger charge is 2.07. The van der Waals surface area contributed by atoms with Crippen molar-refractivity contribution in [2.45, 2.75) is 8.68 Å². The van der Waals surface area contributed by atoms with Crippen LogP contribution in [0.4, 0.5) is 8.78 Å². The molecular weight excluding hydrogens is 410 g/mol. The van der Waals surface area contributed by atoms with Gasteiger partial charge in [-0.2, -0.15) is 0 Å². The molecule has 0 unspecified atom stereocenters. The maximum atomic E-state index is 13.4. The van der Waals surface area contributed by atoms with Crippen LogP contribution in [0, 0.1) is 11.6 Å². The lowest BCUT2D eigenvalue weighted by molar-refractivity contribution is 0.325. The molecule has 4 nitrogen and oxygen atoms in total. The number of hydrogen-bond acceptors (Lipinski definition) is 7. The summed E-state index contributed by atoms with van der Waals surface area (Å²) in [6, 6.07) is 12.6. The van der Waals surface area contributed by atoms with Crippen molar-refractivity contribution in [1.29, 1.82) is 0 Å². The molecule has 0 N–H and O–H groups in total. The van der Waals surface area contributed by atoms with Gasteiger partial charge in [-0.15, -0.1) is 10.2 Å². The number of benzene rings is 2. The second kappa shape index (κ2) is 10.5. The van der Waals surface area contributed by atoms with Gasteiger partial charge in [0.1, 0.15) is 0 Å². The Balaban J connectivity index is 1.34. The summed E-state index contributed by atoms with van der Waals surface area (Å²) in [5.74, 6) is 1.06. The number of rotatable bonds is 10. The lowest BCUT2D eigenvalue weighted by atomic mass is 10.3. The van der Waals surface area contributed by atoms with Gasteiger partial charge in [0.05, 0.1) is 13.2 Å². The number of aromatic nitrogens is 2. The molecule has 3 aromatic rings. The van der Waals surface area contributed by atoms with E-state index < -0.39 is 0 Å². The zero-order chi connectivity index (χ0) is 18.9. The lowest BCUT2D eigenvalue weighted by Crippen LogP contribution is -2.01. The fourth-order valence-corrected chi connectivity index (χ4v) is 4.79. The van der Waals surface area contributed by atoms with Crippen molar-refractivity contribution in [3.63, 3.8) is 0 Å². The zero-order valence-electron chi connectivity index (χ0n) is 14.1. The van der Waals surface area contributed by atoms with Crippen LogP contribution in [0.15, 0.2) is 57.2 Å². The van der Waals surface area contributed by atoms with Crippen LogP contribution in [0.3, 0.4) is 0 Å². The van der Waals surface area contributed by atoms with Crippen molar-refractivity contribution in [2.75, 3.05) is 24.7 Å². The van der Waals surface area contributed by atoms with E-state index in [2.05, 4.69) is 10.2 Å². The van der Waals surface area contributed by atoms with E-state index in [-0.39, 0.29) is 23.1 Å². The fourth-order valence-electron chi connectivity index (χ4n) is 2.00. The van der Waals surface area contributed by atoms with E-state index in [1.165, 1.54) is 47.0 Å². The van der Waals surface area contributed by atoms with Gasteiger partial charge in [-0.25, -0.2) is 8.78 Å². The molecule has 27 heavy (non-hydrogen) atoms. The minimum Gasteiger partial charge on any atom is -0.490 e. The second-order valence-corrected chi connectivity index (χ2v) is 8.75. The Morgan fingerprint density at radius 1 is 0.741 bits per heavy atom. The molecule has 0 bridgehead atoms. The first-order valence-electron chi connectivity index (χ1n) is 8.06. The Morgan fingerprint density at radius 3 is 1.63 bits per heavy atom. The maximum Gasteiger partial charge on any atom is 0.175 e. The molecule has 0 aliphatic rings. The molecule has 0 fully saturated rings. The molecule has 9 heteroatoms. The monoisotopic (exact) mass is 426 g/mol. The summed E-state index contributed by atoms with van der Waals surface area (Å²) in [6.45, 7) is 0.758. The molecule has 1 heterocycles. The van der Waals surface area contributed by atoms with Crippen LogP contribution in [0.5, 0.6) is 11.5 Å². The van der Waals surface area contributed by atoms with Crippen LogP contribution in [-0.2, 0) is 0 Å². The van der Waals surface area contributed by atoms with Crippen molar-refractivity contribution in [3.8, 4) is 11.5 Å². The summed E-state index contributed by atoms with van der Waals surface area (Å²) in [7, 11) is 0. The number of hydrogen-bond donors (Lipinski definition) is 0. The first-order valence-corrected chi connectivity index (χ1v) is 10.8. The Hall–Kier alpha value is -1.84. The smallest absolute Gasteiger partial charge is 0.175 e. The van der Waals surface area contributed by atoms with Gasteiger partial charge in [0.15, 0.2) is 31.8 Å².